The van der Waals surface area contributed by atoms with Gasteiger partial charge in [-0.2, -0.15) is 0 Å². The summed E-state index contributed by atoms with van der Waals surface area (Å²) >= 11 is 0. The molecule has 0 N–H and O–H groups in total. The molecule has 19 heavy (non-hydrogen) atoms. The average Bonchev–Trinajstić information content (AvgIpc) is 2.46. The maximum Gasteiger partial charge on any atom is 0.338 e. The SMILES string of the molecule is COC(=O)c1ccccc1-c1ncccc1C(C)=O. The Labute approximate surface area is 111 Å². The fourth-order valence-corrected chi connectivity index (χ4v) is 1.88. The van der Waals surface area contributed by atoms with E-state index >= 15 is 0 Å². The number of hydrogen-bond donors (Lipinski definition) is 0. The molecule has 0 spiro atoms. The third-order valence-corrected chi connectivity index (χ3v) is 2.77. The number of carbonyl (C=O) groups is 2. The van der Waals surface area contributed by atoms with E-state index in [-0.39, 0.29) is 5.78 Å². The molecule has 0 aliphatic carbocycles. The van der Waals surface area contributed by atoms with Crippen LogP contribution in [0.25, 0.3) is 11.3 Å². The quantitative estimate of drug-likeness (QED) is 0.625. The van der Waals surface area contributed by atoms with Crippen LogP contribution in [-0.4, -0.2) is 23.8 Å². The summed E-state index contributed by atoms with van der Waals surface area (Å²) in [4.78, 5) is 27.6. The van der Waals surface area contributed by atoms with Crippen LogP contribution in [0.15, 0.2) is 42.6 Å². The average molecular weight is 255 g/mol. The van der Waals surface area contributed by atoms with Crippen molar-refractivity contribution in [1.29, 1.82) is 0 Å². The fourth-order valence-electron chi connectivity index (χ4n) is 1.88. The van der Waals surface area contributed by atoms with Crippen LogP contribution in [0.1, 0.15) is 27.6 Å². The van der Waals surface area contributed by atoms with E-state index in [2.05, 4.69) is 4.98 Å². The molecule has 1 heterocycles. The van der Waals surface area contributed by atoms with Crippen molar-refractivity contribution in [3.05, 3.63) is 53.7 Å². The lowest BCUT2D eigenvalue weighted by atomic mass is 9.99. The first kappa shape index (κ1) is 13.0. The molecule has 1 aromatic heterocycles. The maximum absolute atomic E-state index is 11.8. The number of aromatic nitrogens is 1. The molecule has 0 aliphatic rings. The van der Waals surface area contributed by atoms with Crippen molar-refractivity contribution in [2.45, 2.75) is 6.92 Å². The topological polar surface area (TPSA) is 56.3 Å². The number of hydrogen-bond acceptors (Lipinski definition) is 4. The molecule has 2 aromatic rings. The minimum absolute atomic E-state index is 0.0947. The summed E-state index contributed by atoms with van der Waals surface area (Å²) < 4.78 is 4.75. The molecule has 0 atom stereocenters. The van der Waals surface area contributed by atoms with Crippen molar-refractivity contribution < 1.29 is 14.3 Å². The number of ketones is 1. The zero-order valence-corrected chi connectivity index (χ0v) is 10.7. The standard InChI is InChI=1S/C15H13NO3/c1-10(17)11-8-5-9-16-14(11)12-6-3-4-7-13(12)15(18)19-2/h3-9H,1-2H3. The highest BCUT2D eigenvalue weighted by Crippen LogP contribution is 2.25. The Morgan fingerprint density at radius 2 is 1.74 bits per heavy atom. The van der Waals surface area contributed by atoms with Crippen LogP contribution in [0.2, 0.25) is 0 Å². The van der Waals surface area contributed by atoms with Crippen LogP contribution >= 0.6 is 0 Å². The minimum Gasteiger partial charge on any atom is -0.465 e. The molecule has 0 aliphatic heterocycles. The largest absolute Gasteiger partial charge is 0.465 e. The normalized spacial score (nSPS) is 10.0. The lowest BCUT2D eigenvalue weighted by Gasteiger charge is -2.09. The van der Waals surface area contributed by atoms with Gasteiger partial charge in [-0.05, 0) is 25.1 Å². The molecule has 4 nitrogen and oxygen atoms in total. The Balaban J connectivity index is 2.66. The number of rotatable bonds is 3. The first-order chi connectivity index (χ1) is 9.15. The first-order valence-electron chi connectivity index (χ1n) is 5.79. The summed E-state index contributed by atoms with van der Waals surface area (Å²) in [5, 5.41) is 0. The monoisotopic (exact) mass is 255 g/mol. The summed E-state index contributed by atoms with van der Waals surface area (Å²) in [7, 11) is 1.32. The minimum atomic E-state index is -0.448. The number of nitrogens with zero attached hydrogens (tertiary/aromatic N) is 1. The molecule has 0 radical (unpaired) electrons. The lowest BCUT2D eigenvalue weighted by Crippen LogP contribution is -2.06. The van der Waals surface area contributed by atoms with Crippen molar-refractivity contribution in [3.63, 3.8) is 0 Å². The number of pyridine rings is 1. The van der Waals surface area contributed by atoms with E-state index in [0.29, 0.717) is 22.4 Å². The maximum atomic E-state index is 11.8. The molecular weight excluding hydrogens is 242 g/mol. The summed E-state index contributed by atoms with van der Waals surface area (Å²) in [6.45, 7) is 1.47. The van der Waals surface area contributed by atoms with Gasteiger partial charge in [-0.1, -0.05) is 18.2 Å². The van der Waals surface area contributed by atoms with Crippen molar-refractivity contribution in [2.75, 3.05) is 7.11 Å². The Morgan fingerprint density at radius 3 is 2.42 bits per heavy atom. The zero-order chi connectivity index (χ0) is 13.8. The van der Waals surface area contributed by atoms with Crippen LogP contribution in [0.3, 0.4) is 0 Å². The lowest BCUT2D eigenvalue weighted by molar-refractivity contribution is 0.0601. The van der Waals surface area contributed by atoms with Gasteiger partial charge in [-0.3, -0.25) is 9.78 Å². The number of esters is 1. The molecule has 2 rings (SSSR count). The highest BCUT2D eigenvalue weighted by molar-refractivity contribution is 6.03. The van der Waals surface area contributed by atoms with Crippen LogP contribution < -0.4 is 0 Å². The number of Topliss-reactive ketones (excluding diaryl/α,β-unsaturated/α-hetero) is 1. The summed E-state index contributed by atoms with van der Waals surface area (Å²) in [5.41, 5.74) is 1.97. The van der Waals surface area contributed by atoms with E-state index in [1.165, 1.54) is 14.0 Å². The molecular formula is C15H13NO3. The van der Waals surface area contributed by atoms with Crippen LogP contribution in [-0.2, 0) is 4.74 Å². The Morgan fingerprint density at radius 1 is 1.05 bits per heavy atom. The van der Waals surface area contributed by atoms with Gasteiger partial charge in [0.05, 0.1) is 18.4 Å². The molecule has 0 saturated carbocycles. The number of carbonyl (C=O) groups excluding carboxylic acids is 2. The smallest absolute Gasteiger partial charge is 0.338 e. The number of benzene rings is 1. The summed E-state index contributed by atoms with van der Waals surface area (Å²) in [6.07, 6.45) is 1.59. The second kappa shape index (κ2) is 5.44. The van der Waals surface area contributed by atoms with Gasteiger partial charge in [0.2, 0.25) is 0 Å². The Bertz CT molecular complexity index is 635. The molecule has 1 aromatic carbocycles. The second-order valence-corrected chi connectivity index (χ2v) is 3.99. The molecule has 0 saturated heterocycles. The molecule has 0 fully saturated rings. The fraction of sp³-hybridized carbons (Fsp3) is 0.133. The third kappa shape index (κ3) is 2.52. The van der Waals surface area contributed by atoms with Crippen LogP contribution in [0, 0.1) is 0 Å². The molecule has 0 unspecified atom stereocenters. The highest BCUT2D eigenvalue weighted by Gasteiger charge is 2.17. The van der Waals surface area contributed by atoms with Crippen LogP contribution in [0.5, 0.6) is 0 Å². The third-order valence-electron chi connectivity index (χ3n) is 2.77. The predicted molar refractivity (Wildman–Crippen MR) is 71.0 cm³/mol. The van der Waals surface area contributed by atoms with Crippen molar-refractivity contribution in [1.82, 2.24) is 4.98 Å². The highest BCUT2D eigenvalue weighted by atomic mass is 16.5. The Kier molecular flexibility index (Phi) is 3.71. The van der Waals surface area contributed by atoms with Gasteiger partial charge in [0.15, 0.2) is 5.78 Å². The van der Waals surface area contributed by atoms with Gasteiger partial charge in [0.1, 0.15) is 0 Å². The molecule has 96 valence electrons. The van der Waals surface area contributed by atoms with E-state index < -0.39 is 5.97 Å². The van der Waals surface area contributed by atoms with Crippen LogP contribution in [0.4, 0.5) is 0 Å². The van der Waals surface area contributed by atoms with E-state index in [1.54, 1.807) is 42.6 Å². The second-order valence-electron chi connectivity index (χ2n) is 3.99. The van der Waals surface area contributed by atoms with Gasteiger partial charge < -0.3 is 4.74 Å². The van der Waals surface area contributed by atoms with Gasteiger partial charge in [-0.15, -0.1) is 0 Å². The number of methoxy groups -OCH3 is 1. The summed E-state index contributed by atoms with van der Waals surface area (Å²) in [6, 6.07) is 10.3. The number of ether oxygens (including phenoxy) is 1. The molecule has 4 heteroatoms. The predicted octanol–water partition coefficient (Wildman–Crippen LogP) is 2.74. The molecule has 0 amide bonds. The van der Waals surface area contributed by atoms with Gasteiger partial charge in [-0.25, -0.2) is 4.79 Å². The summed E-state index contributed by atoms with van der Waals surface area (Å²) in [5.74, 6) is -0.543. The van der Waals surface area contributed by atoms with Gasteiger partial charge in [0.25, 0.3) is 0 Å². The van der Waals surface area contributed by atoms with Gasteiger partial charge >= 0.3 is 5.97 Å². The van der Waals surface area contributed by atoms with E-state index in [1.807, 2.05) is 0 Å². The van der Waals surface area contributed by atoms with Gasteiger partial charge in [0, 0.05) is 17.3 Å². The van der Waals surface area contributed by atoms with E-state index in [0.717, 1.165) is 0 Å². The van der Waals surface area contributed by atoms with Crippen molar-refractivity contribution >= 4 is 11.8 Å². The Hall–Kier alpha value is -2.49. The van der Waals surface area contributed by atoms with E-state index in [4.69, 9.17) is 4.74 Å². The first-order valence-corrected chi connectivity index (χ1v) is 5.79. The molecule has 0 bridgehead atoms. The van der Waals surface area contributed by atoms with E-state index in [9.17, 15) is 9.59 Å². The zero-order valence-electron chi connectivity index (χ0n) is 10.7. The van der Waals surface area contributed by atoms with Crippen molar-refractivity contribution in [3.8, 4) is 11.3 Å². The van der Waals surface area contributed by atoms with Crippen molar-refractivity contribution in [2.24, 2.45) is 0 Å².